The fraction of sp³-hybridized carbons (Fsp3) is 0.588. The van der Waals surface area contributed by atoms with Crippen LogP contribution >= 0.6 is 23.1 Å². The van der Waals surface area contributed by atoms with E-state index in [1.54, 1.807) is 19.2 Å². The highest BCUT2D eigenvalue weighted by molar-refractivity contribution is 8.01. The first kappa shape index (κ1) is 20.0. The van der Waals surface area contributed by atoms with Crippen molar-refractivity contribution in [1.82, 2.24) is 15.2 Å². The van der Waals surface area contributed by atoms with Gasteiger partial charge in [0.05, 0.1) is 0 Å². The zero-order chi connectivity index (χ0) is 20.9. The summed E-state index contributed by atoms with van der Waals surface area (Å²) in [5, 5.41) is 17.6. The van der Waals surface area contributed by atoms with E-state index < -0.39 is 40.0 Å². The third-order valence-corrected chi connectivity index (χ3v) is 7.53. The number of aromatic nitrogens is 1. The molecule has 4 rings (SSSR count). The van der Waals surface area contributed by atoms with Crippen LogP contribution in [0.15, 0.2) is 10.5 Å². The van der Waals surface area contributed by atoms with Gasteiger partial charge in [-0.15, -0.1) is 23.1 Å². The smallest absolute Gasteiger partial charge is 0.327 e. The lowest BCUT2D eigenvalue weighted by atomic mass is 9.96. The standard InChI is InChI=1S/C17H21N5O5S2/c1-17(2)11(15(25)26)22-13(24)10(14(22)29-17)20-12(23)9(8-6-28-16(18)19-8)21-27-7-4-3-5-7/h6-7,10-11,14H,3-5H2,1-2H3,(H2,18,19)(H,20,23)(H,25,26)/b21-9-/t10-,11+,14-/m1/s1. The second kappa shape index (κ2) is 7.17. The number of hydrogen-bond donors (Lipinski definition) is 3. The fourth-order valence-corrected chi connectivity index (χ4v) is 5.73. The molecule has 1 aromatic rings. The second-order valence-electron chi connectivity index (χ2n) is 7.72. The van der Waals surface area contributed by atoms with Crippen molar-refractivity contribution in [1.29, 1.82) is 0 Å². The van der Waals surface area contributed by atoms with Gasteiger partial charge in [0.25, 0.3) is 5.91 Å². The molecular weight excluding hydrogens is 418 g/mol. The minimum absolute atomic E-state index is 0.0304. The van der Waals surface area contributed by atoms with Crippen molar-refractivity contribution in [3.63, 3.8) is 0 Å². The van der Waals surface area contributed by atoms with Gasteiger partial charge >= 0.3 is 5.97 Å². The number of anilines is 1. The SMILES string of the molecule is CC1(C)S[C@@H]2[C@H](NC(=O)/C(=N\OC3CCC3)c3csc(N)n3)C(=O)N2[C@H]1C(=O)O. The van der Waals surface area contributed by atoms with Gasteiger partial charge in [-0.25, -0.2) is 9.78 Å². The fourth-order valence-electron chi connectivity index (χ4n) is 3.56. The van der Waals surface area contributed by atoms with Gasteiger partial charge in [0.2, 0.25) is 5.91 Å². The molecule has 2 amide bonds. The van der Waals surface area contributed by atoms with Crippen LogP contribution in [0, 0.1) is 0 Å². The number of carbonyl (C=O) groups excluding carboxylic acids is 2. The number of thiazole rings is 1. The van der Waals surface area contributed by atoms with Gasteiger partial charge in [0.1, 0.15) is 29.3 Å². The summed E-state index contributed by atoms with van der Waals surface area (Å²) >= 11 is 2.52. The third kappa shape index (κ3) is 3.44. The summed E-state index contributed by atoms with van der Waals surface area (Å²) in [5.41, 5.74) is 5.90. The number of nitrogens with zero attached hydrogens (tertiary/aromatic N) is 3. The Morgan fingerprint density at radius 1 is 1.45 bits per heavy atom. The van der Waals surface area contributed by atoms with Crippen molar-refractivity contribution >= 4 is 51.7 Å². The molecule has 1 aliphatic carbocycles. The van der Waals surface area contributed by atoms with Gasteiger partial charge in [-0.2, -0.15) is 0 Å². The zero-order valence-corrected chi connectivity index (χ0v) is 17.5. The Hall–Kier alpha value is -2.34. The van der Waals surface area contributed by atoms with Gasteiger partial charge in [-0.1, -0.05) is 5.16 Å². The average Bonchev–Trinajstić information content (AvgIpc) is 3.13. The van der Waals surface area contributed by atoms with Crippen LogP contribution in [0.1, 0.15) is 38.8 Å². The molecule has 1 aromatic heterocycles. The molecule has 3 fully saturated rings. The molecule has 12 heteroatoms. The summed E-state index contributed by atoms with van der Waals surface area (Å²) in [7, 11) is 0. The zero-order valence-electron chi connectivity index (χ0n) is 15.8. The molecule has 0 radical (unpaired) electrons. The van der Waals surface area contributed by atoms with E-state index in [9.17, 15) is 19.5 Å². The number of carboxylic acids is 1. The Morgan fingerprint density at radius 2 is 2.17 bits per heavy atom. The van der Waals surface area contributed by atoms with Crippen molar-refractivity contribution in [3.05, 3.63) is 11.1 Å². The molecule has 29 heavy (non-hydrogen) atoms. The highest BCUT2D eigenvalue weighted by Crippen LogP contribution is 2.50. The largest absolute Gasteiger partial charge is 0.480 e. The monoisotopic (exact) mass is 439 g/mol. The molecule has 3 heterocycles. The van der Waals surface area contributed by atoms with Crippen LogP contribution in [0.25, 0.3) is 0 Å². The van der Waals surface area contributed by atoms with Crippen LogP contribution in [-0.4, -0.2) is 66.8 Å². The number of carboxylic acid groups (broad SMARTS) is 1. The van der Waals surface area contributed by atoms with Crippen molar-refractivity contribution in [3.8, 4) is 0 Å². The predicted octanol–water partition coefficient (Wildman–Crippen LogP) is 0.630. The highest BCUT2D eigenvalue weighted by Gasteiger charge is 2.64. The molecule has 0 aromatic carbocycles. The van der Waals surface area contributed by atoms with Gasteiger partial charge in [-0.05, 0) is 33.1 Å². The van der Waals surface area contributed by atoms with Crippen LogP contribution in [0.4, 0.5) is 5.13 Å². The number of oxime groups is 1. The van der Waals surface area contributed by atoms with Gasteiger partial charge in [-0.3, -0.25) is 9.59 Å². The highest BCUT2D eigenvalue weighted by atomic mass is 32.2. The van der Waals surface area contributed by atoms with Crippen LogP contribution in [0.2, 0.25) is 0 Å². The van der Waals surface area contributed by atoms with Crippen molar-refractivity contribution in [2.45, 2.75) is 61.4 Å². The van der Waals surface area contributed by atoms with Crippen LogP contribution in [0.5, 0.6) is 0 Å². The number of nitrogens with one attached hydrogen (secondary N) is 1. The Labute approximate surface area is 174 Å². The number of fused-ring (bicyclic) bond motifs is 1. The lowest BCUT2D eigenvalue weighted by molar-refractivity contribution is -0.160. The minimum atomic E-state index is -1.06. The summed E-state index contributed by atoms with van der Waals surface area (Å²) in [5.74, 6) is -2.09. The first-order valence-electron chi connectivity index (χ1n) is 9.18. The first-order valence-corrected chi connectivity index (χ1v) is 10.9. The topological polar surface area (TPSA) is 147 Å². The maximum Gasteiger partial charge on any atom is 0.327 e. The maximum atomic E-state index is 12.9. The average molecular weight is 440 g/mol. The van der Waals surface area contributed by atoms with Crippen molar-refractivity contribution < 1.29 is 24.3 Å². The molecule has 156 valence electrons. The van der Waals surface area contributed by atoms with E-state index >= 15 is 0 Å². The van der Waals surface area contributed by atoms with E-state index in [1.807, 2.05) is 0 Å². The summed E-state index contributed by atoms with van der Waals surface area (Å²) in [6.45, 7) is 3.55. The number of aliphatic carboxylic acids is 1. The first-order chi connectivity index (χ1) is 13.7. The summed E-state index contributed by atoms with van der Waals surface area (Å²) < 4.78 is -0.667. The van der Waals surface area contributed by atoms with E-state index in [0.717, 1.165) is 19.3 Å². The van der Waals surface area contributed by atoms with E-state index in [2.05, 4.69) is 15.5 Å². The third-order valence-electron chi connectivity index (χ3n) is 5.29. The normalized spacial score (nSPS) is 28.3. The molecule has 2 aliphatic heterocycles. The van der Waals surface area contributed by atoms with Gasteiger partial charge < -0.3 is 25.9 Å². The Kier molecular flexibility index (Phi) is 4.93. The van der Waals surface area contributed by atoms with Crippen LogP contribution < -0.4 is 11.1 Å². The number of rotatable bonds is 6. The van der Waals surface area contributed by atoms with E-state index in [-0.39, 0.29) is 22.6 Å². The van der Waals surface area contributed by atoms with Crippen molar-refractivity contribution in [2.24, 2.45) is 5.16 Å². The number of nitrogens with two attached hydrogens (primary N) is 1. The second-order valence-corrected chi connectivity index (χ2v) is 10.4. The number of amides is 2. The number of β-lactam (4-membered cyclic amide) rings is 1. The number of hydrogen-bond acceptors (Lipinski definition) is 9. The molecule has 2 saturated heterocycles. The Morgan fingerprint density at radius 3 is 2.72 bits per heavy atom. The quantitative estimate of drug-likeness (QED) is 0.332. The minimum Gasteiger partial charge on any atom is -0.480 e. The molecule has 3 atom stereocenters. The van der Waals surface area contributed by atoms with Gasteiger partial charge in [0, 0.05) is 10.1 Å². The van der Waals surface area contributed by atoms with E-state index in [0.29, 0.717) is 0 Å². The number of thioether (sulfide) groups is 1. The summed E-state index contributed by atoms with van der Waals surface area (Å²) in [4.78, 5) is 47.9. The summed E-state index contributed by atoms with van der Waals surface area (Å²) in [6.07, 6.45) is 2.77. The molecule has 1 saturated carbocycles. The number of carbonyl (C=O) groups is 3. The van der Waals surface area contributed by atoms with Crippen LogP contribution in [-0.2, 0) is 19.2 Å². The molecule has 0 bridgehead atoms. The molecule has 3 aliphatic rings. The lowest BCUT2D eigenvalue weighted by Gasteiger charge is -2.43. The van der Waals surface area contributed by atoms with Gasteiger partial charge in [0.15, 0.2) is 10.8 Å². The molecule has 4 N–H and O–H groups in total. The lowest BCUT2D eigenvalue weighted by Crippen LogP contribution is -2.71. The Balaban J connectivity index is 1.51. The predicted molar refractivity (Wildman–Crippen MR) is 107 cm³/mol. The van der Waals surface area contributed by atoms with Crippen LogP contribution in [0.3, 0.4) is 0 Å². The van der Waals surface area contributed by atoms with E-state index in [4.69, 9.17) is 10.6 Å². The molecule has 10 nitrogen and oxygen atoms in total. The summed E-state index contributed by atoms with van der Waals surface area (Å²) in [6, 6.07) is -1.77. The molecule has 0 unspecified atom stereocenters. The number of nitrogen functional groups attached to an aromatic ring is 1. The maximum absolute atomic E-state index is 12.9. The van der Waals surface area contributed by atoms with Crippen molar-refractivity contribution in [2.75, 3.05) is 5.73 Å². The molecular formula is C17H21N5O5S2. The van der Waals surface area contributed by atoms with E-state index in [1.165, 1.54) is 28.0 Å². The molecule has 0 spiro atoms. The Bertz CT molecular complexity index is 897.